The number of rotatable bonds is 7. The molecule has 2 aromatic carbocycles. The van der Waals surface area contributed by atoms with Crippen molar-refractivity contribution in [2.24, 2.45) is 0 Å². The van der Waals surface area contributed by atoms with Crippen LogP contribution in [0.2, 0.25) is 0 Å². The average molecular weight is 432 g/mol. The molecule has 0 aliphatic carbocycles. The average Bonchev–Trinajstić information content (AvgIpc) is 3.10. The molecule has 0 aliphatic heterocycles. The van der Waals surface area contributed by atoms with Crippen LogP contribution >= 0.6 is 11.3 Å². The fraction of sp³-hybridized carbons (Fsp3) is 0.286. The Balaban J connectivity index is 1.70. The fourth-order valence-corrected chi connectivity index (χ4v) is 4.85. The number of hydrogen-bond acceptors (Lipinski definition) is 5. The molecule has 6 nitrogen and oxygen atoms in total. The minimum absolute atomic E-state index is 0.144. The van der Waals surface area contributed by atoms with Crippen LogP contribution in [0.4, 0.5) is 5.69 Å². The Morgan fingerprint density at radius 1 is 1.10 bits per heavy atom. The zero-order valence-corrected chi connectivity index (χ0v) is 18.5. The van der Waals surface area contributed by atoms with Crippen LogP contribution in [0.5, 0.6) is 0 Å². The van der Waals surface area contributed by atoms with Crippen molar-refractivity contribution in [2.45, 2.75) is 24.4 Å². The second-order valence-corrected chi connectivity index (χ2v) is 10.2. The predicted molar refractivity (Wildman–Crippen MR) is 119 cm³/mol. The maximum atomic E-state index is 12.7. The summed E-state index contributed by atoms with van der Waals surface area (Å²) in [4.78, 5) is 14.9. The topological polar surface area (TPSA) is 69.7 Å². The summed E-state index contributed by atoms with van der Waals surface area (Å²) in [6.07, 6.45) is 0. The van der Waals surface area contributed by atoms with E-state index in [1.54, 1.807) is 23.5 Å². The van der Waals surface area contributed by atoms with E-state index in [-0.39, 0.29) is 16.8 Å². The lowest BCUT2D eigenvalue weighted by molar-refractivity contribution is -0.120. The van der Waals surface area contributed by atoms with Crippen LogP contribution in [-0.2, 0) is 21.4 Å². The summed E-state index contributed by atoms with van der Waals surface area (Å²) >= 11 is 1.70. The van der Waals surface area contributed by atoms with E-state index >= 15 is 0 Å². The quantitative estimate of drug-likeness (QED) is 0.620. The van der Waals surface area contributed by atoms with E-state index in [9.17, 15) is 13.2 Å². The van der Waals surface area contributed by atoms with E-state index in [1.807, 2.05) is 31.0 Å². The largest absolute Gasteiger partial charge is 0.325 e. The van der Waals surface area contributed by atoms with Gasteiger partial charge in [-0.2, -0.15) is 0 Å². The molecule has 1 N–H and O–H groups in total. The summed E-state index contributed by atoms with van der Waals surface area (Å²) in [5, 5.41) is 6.16. The van der Waals surface area contributed by atoms with Crippen LogP contribution in [0.15, 0.2) is 58.8 Å². The molecule has 0 fully saturated rings. The van der Waals surface area contributed by atoms with E-state index in [2.05, 4.69) is 22.8 Å². The maximum Gasteiger partial charge on any atom is 0.242 e. The summed E-state index contributed by atoms with van der Waals surface area (Å²) in [6.45, 7) is 2.48. The van der Waals surface area contributed by atoms with Gasteiger partial charge in [0.1, 0.15) is 0 Å². The molecule has 0 spiro atoms. The van der Waals surface area contributed by atoms with Gasteiger partial charge in [0.15, 0.2) is 0 Å². The predicted octanol–water partition coefficient (Wildman–Crippen LogP) is 3.61. The van der Waals surface area contributed by atoms with E-state index in [4.69, 9.17) is 0 Å². The van der Waals surface area contributed by atoms with Crippen molar-refractivity contribution in [1.82, 2.24) is 9.21 Å². The van der Waals surface area contributed by atoms with Gasteiger partial charge in [-0.1, -0.05) is 24.3 Å². The number of nitrogens with one attached hydrogen (secondary N) is 1. The molecule has 1 aromatic heterocycles. The minimum Gasteiger partial charge on any atom is -0.325 e. The molecule has 3 aromatic rings. The van der Waals surface area contributed by atoms with Gasteiger partial charge in [0.05, 0.1) is 10.9 Å². The Morgan fingerprint density at radius 3 is 2.55 bits per heavy atom. The zero-order valence-electron chi connectivity index (χ0n) is 16.9. The van der Waals surface area contributed by atoms with Gasteiger partial charge in [0.25, 0.3) is 0 Å². The van der Waals surface area contributed by atoms with Crippen LogP contribution in [0.25, 0.3) is 10.1 Å². The van der Waals surface area contributed by atoms with E-state index in [0.29, 0.717) is 12.2 Å². The summed E-state index contributed by atoms with van der Waals surface area (Å²) in [5.41, 5.74) is 1.64. The van der Waals surface area contributed by atoms with Crippen LogP contribution in [-0.4, -0.2) is 50.7 Å². The molecule has 0 bridgehead atoms. The molecule has 1 unspecified atom stereocenters. The first-order valence-corrected chi connectivity index (χ1v) is 11.5. The number of fused-ring (bicyclic) bond motifs is 1. The second-order valence-electron chi connectivity index (χ2n) is 7.15. The molecule has 3 rings (SSSR count). The van der Waals surface area contributed by atoms with Crippen molar-refractivity contribution in [3.63, 3.8) is 0 Å². The maximum absolute atomic E-state index is 12.7. The number of carbonyl (C=O) groups is 1. The number of nitrogens with zero attached hydrogens (tertiary/aromatic N) is 2. The first-order valence-electron chi connectivity index (χ1n) is 9.19. The highest BCUT2D eigenvalue weighted by Gasteiger charge is 2.21. The first-order chi connectivity index (χ1) is 13.7. The first kappa shape index (κ1) is 21.4. The SMILES string of the molecule is CC(C(=O)Nc1cccc(S(=O)(=O)N(C)C)c1)N(C)Cc1csc2ccccc12. The van der Waals surface area contributed by atoms with Crippen LogP contribution in [0.1, 0.15) is 12.5 Å². The smallest absolute Gasteiger partial charge is 0.242 e. The summed E-state index contributed by atoms with van der Waals surface area (Å²) in [5.74, 6) is -0.188. The van der Waals surface area contributed by atoms with Crippen molar-refractivity contribution < 1.29 is 13.2 Å². The lowest BCUT2D eigenvalue weighted by Gasteiger charge is -2.24. The number of carbonyl (C=O) groups excluding carboxylic acids is 1. The molecular formula is C21H25N3O3S2. The highest BCUT2D eigenvalue weighted by molar-refractivity contribution is 7.89. The number of hydrogen-bond donors (Lipinski definition) is 1. The molecule has 0 saturated carbocycles. The summed E-state index contributed by atoms with van der Waals surface area (Å²) in [7, 11) is 1.31. The summed E-state index contributed by atoms with van der Waals surface area (Å²) in [6, 6.07) is 14.1. The molecule has 0 aliphatic rings. The lowest BCUT2D eigenvalue weighted by Crippen LogP contribution is -2.39. The van der Waals surface area contributed by atoms with Gasteiger partial charge in [0.2, 0.25) is 15.9 Å². The normalized spacial score (nSPS) is 13.2. The monoisotopic (exact) mass is 431 g/mol. The molecular weight excluding hydrogens is 406 g/mol. The molecule has 0 radical (unpaired) electrons. The molecule has 1 atom stereocenters. The van der Waals surface area contributed by atoms with Crippen molar-refractivity contribution in [2.75, 3.05) is 26.5 Å². The molecule has 29 heavy (non-hydrogen) atoms. The number of anilines is 1. The Kier molecular flexibility index (Phi) is 6.38. The lowest BCUT2D eigenvalue weighted by atomic mass is 10.1. The van der Waals surface area contributed by atoms with E-state index in [1.165, 1.54) is 41.9 Å². The number of sulfonamides is 1. The Morgan fingerprint density at radius 2 is 1.83 bits per heavy atom. The Labute approximate surface area is 175 Å². The van der Waals surface area contributed by atoms with Gasteiger partial charge >= 0.3 is 0 Å². The zero-order chi connectivity index (χ0) is 21.2. The van der Waals surface area contributed by atoms with Gasteiger partial charge in [0, 0.05) is 31.0 Å². The number of likely N-dealkylation sites (N-methyl/N-ethyl adjacent to an activating group) is 1. The number of benzene rings is 2. The van der Waals surface area contributed by atoms with Crippen molar-refractivity contribution in [3.8, 4) is 0 Å². The number of thiophene rings is 1. The Hall–Kier alpha value is -2.26. The van der Waals surface area contributed by atoms with Crippen molar-refractivity contribution in [1.29, 1.82) is 0 Å². The summed E-state index contributed by atoms with van der Waals surface area (Å²) < 4.78 is 27.0. The molecule has 1 heterocycles. The molecule has 1 amide bonds. The van der Waals surface area contributed by atoms with E-state index < -0.39 is 10.0 Å². The van der Waals surface area contributed by atoms with Crippen molar-refractivity contribution in [3.05, 3.63) is 59.5 Å². The second kappa shape index (κ2) is 8.62. The standard InChI is InChI=1S/C21H25N3O3S2/c1-15(24(4)13-16-14-28-20-11-6-5-10-19(16)20)21(25)22-17-8-7-9-18(12-17)29(26,27)23(2)3/h5-12,14-15H,13H2,1-4H3,(H,22,25). The van der Waals surface area contributed by atoms with Crippen LogP contribution in [0.3, 0.4) is 0 Å². The van der Waals surface area contributed by atoms with E-state index in [0.717, 1.165) is 4.31 Å². The molecule has 8 heteroatoms. The molecule has 0 saturated heterocycles. The van der Waals surface area contributed by atoms with Crippen molar-refractivity contribution >= 4 is 43.0 Å². The third-order valence-electron chi connectivity index (χ3n) is 4.90. The minimum atomic E-state index is -3.55. The fourth-order valence-electron chi connectivity index (χ4n) is 2.95. The third-order valence-corrected chi connectivity index (χ3v) is 7.73. The van der Waals surface area contributed by atoms with Crippen LogP contribution < -0.4 is 5.32 Å². The van der Waals surface area contributed by atoms with Gasteiger partial charge in [-0.15, -0.1) is 11.3 Å². The Bertz CT molecular complexity index is 1120. The molecule has 154 valence electrons. The number of amides is 1. The third kappa shape index (κ3) is 4.67. The van der Waals surface area contributed by atoms with Crippen LogP contribution in [0, 0.1) is 0 Å². The van der Waals surface area contributed by atoms with Gasteiger partial charge in [-0.25, -0.2) is 12.7 Å². The van der Waals surface area contributed by atoms with Gasteiger partial charge in [-0.05, 0) is 54.6 Å². The van der Waals surface area contributed by atoms with Gasteiger partial charge in [-0.3, -0.25) is 9.69 Å². The van der Waals surface area contributed by atoms with Gasteiger partial charge < -0.3 is 5.32 Å². The highest BCUT2D eigenvalue weighted by atomic mass is 32.2. The highest BCUT2D eigenvalue weighted by Crippen LogP contribution is 2.27.